The van der Waals surface area contributed by atoms with Crippen LogP contribution in [0.25, 0.3) is 0 Å². The Morgan fingerprint density at radius 1 is 1.06 bits per heavy atom. The predicted molar refractivity (Wildman–Crippen MR) is 137 cm³/mol. The van der Waals surface area contributed by atoms with Crippen molar-refractivity contribution in [1.82, 2.24) is 19.6 Å². The van der Waals surface area contributed by atoms with Crippen molar-refractivity contribution >= 4 is 29.2 Å². The Balaban J connectivity index is 1.05. The highest BCUT2D eigenvalue weighted by Crippen LogP contribution is 2.46. The van der Waals surface area contributed by atoms with Crippen LogP contribution in [0.3, 0.4) is 0 Å². The molecule has 4 heterocycles. The van der Waals surface area contributed by atoms with Crippen LogP contribution in [0.5, 0.6) is 0 Å². The number of aromatic nitrogens is 2. The molecule has 3 aliphatic heterocycles. The number of amides is 2. The third-order valence-corrected chi connectivity index (χ3v) is 9.04. The highest BCUT2D eigenvalue weighted by atomic mass is 35.5. The van der Waals surface area contributed by atoms with Gasteiger partial charge in [0.25, 0.3) is 0 Å². The number of halogens is 1. The Morgan fingerprint density at radius 3 is 2.42 bits per heavy atom. The minimum Gasteiger partial charge on any atom is -0.381 e. The van der Waals surface area contributed by atoms with Crippen molar-refractivity contribution in [2.45, 2.75) is 32.2 Å². The van der Waals surface area contributed by atoms with E-state index >= 15 is 0 Å². The maximum absolute atomic E-state index is 13.0. The molecule has 6 rings (SSSR count). The maximum atomic E-state index is 13.0. The minimum atomic E-state index is -0.120. The molecule has 36 heavy (non-hydrogen) atoms. The molecular weight excluding hydrogens is 478 g/mol. The van der Waals surface area contributed by atoms with E-state index < -0.39 is 0 Å². The lowest BCUT2D eigenvalue weighted by Crippen LogP contribution is -2.36. The topological polar surface area (TPSA) is 70.9 Å². The van der Waals surface area contributed by atoms with Crippen molar-refractivity contribution < 1.29 is 14.3 Å². The van der Waals surface area contributed by atoms with Gasteiger partial charge in [0.1, 0.15) is 0 Å². The molecular formula is C27H34ClN5O3. The summed E-state index contributed by atoms with van der Waals surface area (Å²) in [5.41, 5.74) is 3.30. The molecule has 1 aromatic heterocycles. The summed E-state index contributed by atoms with van der Waals surface area (Å²) in [6.45, 7) is 7.68. The molecule has 4 atom stereocenters. The predicted octanol–water partition coefficient (Wildman–Crippen LogP) is 3.69. The fraction of sp³-hybridized carbons (Fsp3) is 0.593. The van der Waals surface area contributed by atoms with Gasteiger partial charge in [0.2, 0.25) is 5.91 Å². The van der Waals surface area contributed by atoms with E-state index in [0.717, 1.165) is 51.0 Å². The van der Waals surface area contributed by atoms with Crippen molar-refractivity contribution in [2.24, 2.45) is 23.7 Å². The van der Waals surface area contributed by atoms with Gasteiger partial charge < -0.3 is 14.5 Å². The second-order valence-electron chi connectivity index (χ2n) is 11.2. The number of rotatable bonds is 4. The smallest absolute Gasteiger partial charge is 0.344 e. The van der Waals surface area contributed by atoms with Gasteiger partial charge in [-0.25, -0.2) is 4.79 Å². The third-order valence-electron chi connectivity index (χ3n) is 8.82. The molecule has 2 aromatic rings. The molecule has 0 bridgehead atoms. The van der Waals surface area contributed by atoms with Crippen LogP contribution >= 0.6 is 11.6 Å². The highest BCUT2D eigenvalue weighted by molar-refractivity contribution is 6.30. The van der Waals surface area contributed by atoms with Crippen molar-refractivity contribution in [3.8, 4) is 0 Å². The molecule has 4 fully saturated rings. The average Bonchev–Trinajstić information content (AvgIpc) is 3.63. The van der Waals surface area contributed by atoms with Crippen LogP contribution in [-0.2, 0) is 16.1 Å². The van der Waals surface area contributed by atoms with Crippen LogP contribution in [0.4, 0.5) is 10.5 Å². The molecule has 1 aliphatic carbocycles. The number of nitrogens with zero attached hydrogens (tertiary/aromatic N) is 5. The number of anilines is 1. The Hall–Kier alpha value is -2.42. The SMILES string of the molecule is CC(=O)N(C)c1cnn(C(=O)N2CC3CN(Cc4cc(Cl)cc(C5CC6COCC6C5)c4)CC3C2)c1. The Morgan fingerprint density at radius 2 is 1.75 bits per heavy atom. The standard InChI is InChI=1S/C27H34ClN5O3/c1-17(34)30(2)26-8-29-33(14-26)27(35)32-12-23-10-31(11-24(23)13-32)9-18-3-19(7-25(28)4-18)20-5-21-15-36-16-22(21)6-20/h3-4,7-8,14,20-24H,5-6,9-13,15-16H2,1-2H3. The van der Waals surface area contributed by atoms with Crippen LogP contribution in [0.1, 0.15) is 36.8 Å². The molecule has 0 spiro atoms. The van der Waals surface area contributed by atoms with Gasteiger partial charge in [-0.2, -0.15) is 9.78 Å². The van der Waals surface area contributed by atoms with Crippen LogP contribution in [0, 0.1) is 23.7 Å². The van der Waals surface area contributed by atoms with E-state index in [4.69, 9.17) is 16.3 Å². The fourth-order valence-corrected chi connectivity index (χ4v) is 7.08. The first-order valence-corrected chi connectivity index (χ1v) is 13.4. The summed E-state index contributed by atoms with van der Waals surface area (Å²) in [4.78, 5) is 30.5. The highest BCUT2D eigenvalue weighted by Gasteiger charge is 2.42. The fourth-order valence-electron chi connectivity index (χ4n) is 6.82. The molecule has 4 unspecified atom stereocenters. The summed E-state index contributed by atoms with van der Waals surface area (Å²) in [5.74, 6) is 2.87. The second-order valence-corrected chi connectivity index (χ2v) is 11.7. The van der Waals surface area contributed by atoms with Crippen molar-refractivity contribution in [2.75, 3.05) is 51.3 Å². The molecule has 9 heteroatoms. The molecule has 8 nitrogen and oxygen atoms in total. The monoisotopic (exact) mass is 511 g/mol. The normalized spacial score (nSPS) is 29.5. The van der Waals surface area contributed by atoms with Gasteiger partial charge in [0.05, 0.1) is 18.1 Å². The number of ether oxygens (including phenoxy) is 1. The summed E-state index contributed by atoms with van der Waals surface area (Å²) < 4.78 is 7.01. The molecule has 2 amide bonds. The van der Waals surface area contributed by atoms with Crippen molar-refractivity contribution in [3.05, 3.63) is 46.7 Å². The first-order valence-electron chi connectivity index (χ1n) is 13.0. The van der Waals surface area contributed by atoms with Gasteiger partial charge >= 0.3 is 6.03 Å². The zero-order valence-corrected chi connectivity index (χ0v) is 21.7. The third kappa shape index (κ3) is 4.55. The van der Waals surface area contributed by atoms with Crippen LogP contribution in [-0.4, -0.2) is 78.0 Å². The van der Waals surface area contributed by atoms with E-state index in [1.807, 2.05) is 4.90 Å². The quantitative estimate of drug-likeness (QED) is 0.626. The van der Waals surface area contributed by atoms with E-state index in [1.165, 1.54) is 40.5 Å². The Kier molecular flexibility index (Phi) is 6.30. The number of likely N-dealkylation sites (tertiary alicyclic amines) is 2. The second kappa shape index (κ2) is 9.47. The maximum Gasteiger partial charge on any atom is 0.344 e. The van der Waals surface area contributed by atoms with E-state index in [2.05, 4.69) is 28.2 Å². The number of carbonyl (C=O) groups excluding carboxylic acids is 2. The number of carbonyl (C=O) groups is 2. The summed E-state index contributed by atoms with van der Waals surface area (Å²) in [5, 5.41) is 5.03. The zero-order valence-electron chi connectivity index (χ0n) is 21.0. The summed E-state index contributed by atoms with van der Waals surface area (Å²) in [7, 11) is 1.68. The number of hydrogen-bond donors (Lipinski definition) is 0. The molecule has 0 radical (unpaired) electrons. The lowest BCUT2D eigenvalue weighted by Gasteiger charge is -2.22. The Bertz CT molecular complexity index is 1140. The lowest BCUT2D eigenvalue weighted by atomic mass is 9.94. The Labute approximate surface area is 217 Å². The van der Waals surface area contributed by atoms with Crippen LogP contribution < -0.4 is 4.90 Å². The first-order chi connectivity index (χ1) is 17.3. The van der Waals surface area contributed by atoms with Crippen molar-refractivity contribution in [1.29, 1.82) is 0 Å². The summed E-state index contributed by atoms with van der Waals surface area (Å²) in [6, 6.07) is 6.52. The number of benzene rings is 1. The lowest BCUT2D eigenvalue weighted by molar-refractivity contribution is -0.116. The minimum absolute atomic E-state index is 0.0926. The number of fused-ring (bicyclic) bond motifs is 2. The molecule has 3 saturated heterocycles. The van der Waals surface area contributed by atoms with E-state index in [9.17, 15) is 9.59 Å². The van der Waals surface area contributed by atoms with Crippen LogP contribution in [0.15, 0.2) is 30.6 Å². The molecule has 0 N–H and O–H groups in total. The molecule has 1 saturated carbocycles. The van der Waals surface area contributed by atoms with Gasteiger partial charge in [0.15, 0.2) is 0 Å². The van der Waals surface area contributed by atoms with E-state index in [1.54, 1.807) is 19.4 Å². The molecule has 192 valence electrons. The molecule has 1 aromatic carbocycles. The van der Waals surface area contributed by atoms with Gasteiger partial charge in [-0.1, -0.05) is 17.7 Å². The summed E-state index contributed by atoms with van der Waals surface area (Å²) >= 11 is 6.56. The first kappa shape index (κ1) is 23.9. The largest absolute Gasteiger partial charge is 0.381 e. The van der Waals surface area contributed by atoms with E-state index in [0.29, 0.717) is 35.3 Å². The average molecular weight is 512 g/mol. The molecule has 4 aliphatic rings. The van der Waals surface area contributed by atoms with Gasteiger partial charge in [-0.05, 0) is 65.7 Å². The van der Waals surface area contributed by atoms with Crippen molar-refractivity contribution in [3.63, 3.8) is 0 Å². The van der Waals surface area contributed by atoms with Gasteiger partial charge in [-0.15, -0.1) is 0 Å². The van der Waals surface area contributed by atoms with Crippen LogP contribution in [0.2, 0.25) is 5.02 Å². The zero-order chi connectivity index (χ0) is 25.0. The van der Waals surface area contributed by atoms with Gasteiger partial charge in [0, 0.05) is 64.9 Å². The van der Waals surface area contributed by atoms with E-state index in [-0.39, 0.29) is 11.9 Å². The number of hydrogen-bond acceptors (Lipinski definition) is 5. The summed E-state index contributed by atoms with van der Waals surface area (Å²) in [6.07, 6.45) is 5.62. The van der Waals surface area contributed by atoms with Gasteiger partial charge in [-0.3, -0.25) is 9.69 Å².